The normalized spacial score (nSPS) is 17.5. The minimum absolute atomic E-state index is 0.152. The third kappa shape index (κ3) is 2.91. The van der Waals surface area contributed by atoms with E-state index in [1.54, 1.807) is 0 Å². The number of para-hydroxylation sites is 3. The number of rotatable bonds is 2. The Kier molecular flexibility index (Phi) is 3.78. The molecule has 1 aliphatic heterocycles. The Morgan fingerprint density at radius 2 is 1.74 bits per heavy atom. The summed E-state index contributed by atoms with van der Waals surface area (Å²) in [7, 11) is 0. The molecule has 5 rings (SSSR count). The van der Waals surface area contributed by atoms with Crippen LogP contribution in [0.3, 0.4) is 0 Å². The molecule has 1 fully saturated rings. The van der Waals surface area contributed by atoms with Crippen LogP contribution >= 0.6 is 0 Å². The van der Waals surface area contributed by atoms with Gasteiger partial charge in [0.25, 0.3) is 5.91 Å². The summed E-state index contributed by atoms with van der Waals surface area (Å²) in [6.45, 7) is 1.31. The van der Waals surface area contributed by atoms with Crippen LogP contribution in [0.15, 0.2) is 48.5 Å². The average molecular weight is 358 g/mol. The van der Waals surface area contributed by atoms with Crippen molar-refractivity contribution in [3.05, 3.63) is 60.2 Å². The number of amides is 1. The van der Waals surface area contributed by atoms with Gasteiger partial charge in [0.15, 0.2) is 0 Å². The average Bonchev–Trinajstić information content (AvgIpc) is 3.17. The molecule has 0 spiro atoms. The van der Waals surface area contributed by atoms with E-state index >= 15 is 0 Å². The highest BCUT2D eigenvalue weighted by atomic mass is 16.2. The number of piperidine rings is 1. The highest BCUT2D eigenvalue weighted by molar-refractivity contribution is 5.92. The van der Waals surface area contributed by atoms with Crippen LogP contribution in [0.25, 0.3) is 22.1 Å². The van der Waals surface area contributed by atoms with Gasteiger partial charge < -0.3 is 9.88 Å². The van der Waals surface area contributed by atoms with Gasteiger partial charge >= 0.3 is 0 Å². The molecule has 7 nitrogen and oxygen atoms in total. The zero-order chi connectivity index (χ0) is 18.2. The molecule has 27 heavy (non-hydrogen) atoms. The van der Waals surface area contributed by atoms with Crippen LogP contribution in [0.2, 0.25) is 0 Å². The molecule has 7 heteroatoms. The van der Waals surface area contributed by atoms with Crippen molar-refractivity contribution in [1.82, 2.24) is 30.0 Å². The molecule has 1 saturated heterocycles. The molecule has 3 heterocycles. The molecule has 1 amide bonds. The van der Waals surface area contributed by atoms with Gasteiger partial charge in [-0.3, -0.25) is 4.79 Å². The van der Waals surface area contributed by atoms with Crippen LogP contribution in [-0.2, 0) is 0 Å². The molecule has 2 aromatic heterocycles. The third-order valence-corrected chi connectivity index (χ3v) is 5.05. The van der Waals surface area contributed by atoms with Gasteiger partial charge in [0.2, 0.25) is 5.82 Å². The molecule has 2 aromatic carbocycles. The van der Waals surface area contributed by atoms with Crippen molar-refractivity contribution in [2.45, 2.75) is 18.8 Å². The number of imidazole rings is 1. The van der Waals surface area contributed by atoms with Gasteiger partial charge in [0, 0.05) is 19.0 Å². The third-order valence-electron chi connectivity index (χ3n) is 5.05. The number of nitrogens with one attached hydrogen (secondary N) is 1. The number of carbonyl (C=O) groups excluding carboxylic acids is 1. The fourth-order valence-corrected chi connectivity index (χ4v) is 3.66. The number of fused-ring (bicyclic) bond motifs is 2. The monoisotopic (exact) mass is 358 g/mol. The Morgan fingerprint density at radius 1 is 0.963 bits per heavy atom. The lowest BCUT2D eigenvalue weighted by molar-refractivity contribution is 0.0691. The molecule has 1 N–H and O–H groups in total. The van der Waals surface area contributed by atoms with Gasteiger partial charge in [-0.25, -0.2) is 9.97 Å². The minimum Gasteiger partial charge on any atom is -0.342 e. The number of benzene rings is 2. The summed E-state index contributed by atoms with van der Waals surface area (Å²) in [6.07, 6.45) is 1.93. The second-order valence-corrected chi connectivity index (χ2v) is 6.85. The number of hydrogen-bond donors (Lipinski definition) is 1. The summed E-state index contributed by atoms with van der Waals surface area (Å²) < 4.78 is 0. The van der Waals surface area contributed by atoms with Crippen LogP contribution in [0.1, 0.15) is 35.2 Å². The Hall–Kier alpha value is -3.35. The predicted molar refractivity (Wildman–Crippen MR) is 101 cm³/mol. The second-order valence-electron chi connectivity index (χ2n) is 6.85. The van der Waals surface area contributed by atoms with Gasteiger partial charge in [-0.15, -0.1) is 10.2 Å². The Labute approximate surface area is 155 Å². The number of hydrogen-bond acceptors (Lipinski definition) is 5. The van der Waals surface area contributed by atoms with E-state index in [0.717, 1.165) is 29.7 Å². The first-order chi connectivity index (χ1) is 13.3. The van der Waals surface area contributed by atoms with E-state index in [9.17, 15) is 4.79 Å². The molecule has 1 aliphatic rings. The minimum atomic E-state index is -0.172. The molecule has 0 saturated carbocycles. The molecule has 1 atom stereocenters. The summed E-state index contributed by atoms with van der Waals surface area (Å²) in [6, 6.07) is 15.4. The number of likely N-dealkylation sites (tertiary alicyclic amines) is 1. The summed E-state index contributed by atoms with van der Waals surface area (Å²) in [5, 5.41) is 8.16. The van der Waals surface area contributed by atoms with Crippen molar-refractivity contribution in [3.63, 3.8) is 0 Å². The molecule has 134 valence electrons. The molecule has 0 bridgehead atoms. The SMILES string of the molecule is O=C(c1nnc2ccccc2n1)N1CCCC(c2nc3ccccc3[nH]2)C1. The van der Waals surface area contributed by atoms with Gasteiger partial charge in [-0.2, -0.15) is 0 Å². The van der Waals surface area contributed by atoms with Crippen molar-refractivity contribution in [2.75, 3.05) is 13.1 Å². The van der Waals surface area contributed by atoms with Crippen LogP contribution in [0, 0.1) is 0 Å². The van der Waals surface area contributed by atoms with Crippen molar-refractivity contribution in [3.8, 4) is 0 Å². The molecule has 1 unspecified atom stereocenters. The standard InChI is InChI=1S/C20H18N6O/c27-20(19-23-16-9-3-4-10-17(16)24-25-19)26-11-5-6-13(12-26)18-21-14-7-1-2-8-15(14)22-18/h1-4,7-10,13H,5-6,11-12H2,(H,21,22). The predicted octanol–water partition coefficient (Wildman–Crippen LogP) is 2.92. The molecule has 0 radical (unpaired) electrons. The maximum absolute atomic E-state index is 12.9. The first-order valence-corrected chi connectivity index (χ1v) is 9.11. The summed E-state index contributed by atoms with van der Waals surface area (Å²) >= 11 is 0. The molecule has 0 aliphatic carbocycles. The maximum atomic E-state index is 12.9. The fourth-order valence-electron chi connectivity index (χ4n) is 3.66. The maximum Gasteiger partial charge on any atom is 0.293 e. The Bertz CT molecular complexity index is 1100. The van der Waals surface area contributed by atoms with E-state index in [0.29, 0.717) is 24.1 Å². The van der Waals surface area contributed by atoms with Crippen LogP contribution in [0.4, 0.5) is 0 Å². The first kappa shape index (κ1) is 15.9. The number of aromatic amines is 1. The van der Waals surface area contributed by atoms with Gasteiger partial charge in [-0.1, -0.05) is 24.3 Å². The first-order valence-electron chi connectivity index (χ1n) is 9.11. The number of H-pyrrole nitrogens is 1. The van der Waals surface area contributed by atoms with Crippen LogP contribution < -0.4 is 0 Å². The van der Waals surface area contributed by atoms with Gasteiger partial charge in [0.05, 0.1) is 16.6 Å². The lowest BCUT2D eigenvalue weighted by atomic mass is 9.97. The van der Waals surface area contributed by atoms with E-state index in [1.807, 2.05) is 53.4 Å². The van der Waals surface area contributed by atoms with Crippen molar-refractivity contribution in [2.24, 2.45) is 0 Å². The van der Waals surface area contributed by atoms with E-state index in [4.69, 9.17) is 4.98 Å². The Morgan fingerprint density at radius 3 is 2.59 bits per heavy atom. The topological polar surface area (TPSA) is 87.7 Å². The number of carbonyl (C=O) groups is 1. The van der Waals surface area contributed by atoms with E-state index in [-0.39, 0.29) is 17.6 Å². The smallest absolute Gasteiger partial charge is 0.293 e. The van der Waals surface area contributed by atoms with E-state index in [2.05, 4.69) is 20.2 Å². The molecule has 4 aromatic rings. The highest BCUT2D eigenvalue weighted by Gasteiger charge is 2.29. The summed E-state index contributed by atoms with van der Waals surface area (Å²) in [4.78, 5) is 27.2. The van der Waals surface area contributed by atoms with Gasteiger partial charge in [-0.05, 0) is 37.1 Å². The highest BCUT2D eigenvalue weighted by Crippen LogP contribution is 2.27. The van der Waals surface area contributed by atoms with Crippen LogP contribution in [0.5, 0.6) is 0 Å². The van der Waals surface area contributed by atoms with Gasteiger partial charge in [0.1, 0.15) is 11.3 Å². The van der Waals surface area contributed by atoms with Crippen LogP contribution in [-0.4, -0.2) is 49.0 Å². The number of aromatic nitrogens is 5. The largest absolute Gasteiger partial charge is 0.342 e. The van der Waals surface area contributed by atoms with Crippen molar-refractivity contribution >= 4 is 28.0 Å². The zero-order valence-electron chi connectivity index (χ0n) is 14.7. The quantitative estimate of drug-likeness (QED) is 0.595. The van der Waals surface area contributed by atoms with E-state index < -0.39 is 0 Å². The Balaban J connectivity index is 1.40. The summed E-state index contributed by atoms with van der Waals surface area (Å²) in [5.74, 6) is 1.10. The number of nitrogens with zero attached hydrogens (tertiary/aromatic N) is 5. The molecular formula is C20H18N6O. The lowest BCUT2D eigenvalue weighted by Crippen LogP contribution is -2.40. The summed E-state index contributed by atoms with van der Waals surface area (Å²) in [5.41, 5.74) is 3.35. The molecular weight excluding hydrogens is 340 g/mol. The van der Waals surface area contributed by atoms with Crippen molar-refractivity contribution in [1.29, 1.82) is 0 Å². The second kappa shape index (κ2) is 6.42. The van der Waals surface area contributed by atoms with Crippen molar-refractivity contribution < 1.29 is 4.79 Å². The van der Waals surface area contributed by atoms with E-state index in [1.165, 1.54) is 0 Å². The fraction of sp³-hybridized carbons (Fsp3) is 0.250. The zero-order valence-corrected chi connectivity index (χ0v) is 14.7. The lowest BCUT2D eigenvalue weighted by Gasteiger charge is -2.31.